The van der Waals surface area contributed by atoms with Crippen molar-refractivity contribution < 1.29 is 23.1 Å². The van der Waals surface area contributed by atoms with E-state index in [-0.39, 0.29) is 12.6 Å². The van der Waals surface area contributed by atoms with Gasteiger partial charge in [0.2, 0.25) is 0 Å². The van der Waals surface area contributed by atoms with E-state index < -0.39 is 7.60 Å². The molecule has 0 fully saturated rings. The first kappa shape index (κ1) is 14.4. The van der Waals surface area contributed by atoms with Crippen LogP contribution in [0.3, 0.4) is 0 Å². The van der Waals surface area contributed by atoms with Gasteiger partial charge >= 0.3 is 13.6 Å². The van der Waals surface area contributed by atoms with Crippen molar-refractivity contribution in [3.63, 3.8) is 0 Å². The van der Waals surface area contributed by atoms with Crippen LogP contribution in [0.25, 0.3) is 0 Å². The summed E-state index contributed by atoms with van der Waals surface area (Å²) in [5.41, 5.74) is 0. The van der Waals surface area contributed by atoms with Crippen LogP contribution in [0.5, 0.6) is 0 Å². The van der Waals surface area contributed by atoms with Crippen molar-refractivity contribution in [2.75, 3.05) is 19.8 Å². The Labute approximate surface area is 89.9 Å². The molecule has 5 nitrogen and oxygen atoms in total. The Hall–Kier alpha value is -0.640. The maximum Gasteiger partial charge on any atom is 0.353 e. The van der Waals surface area contributed by atoms with E-state index >= 15 is 0 Å². The van der Waals surface area contributed by atoms with Crippen LogP contribution in [0.15, 0.2) is 11.9 Å². The molecule has 15 heavy (non-hydrogen) atoms. The number of rotatable bonds is 7. The SMILES string of the molecule is CCOP(=O)(/C=C/COC(C)=O)OCC. The van der Waals surface area contributed by atoms with Crippen LogP contribution in [0.4, 0.5) is 0 Å². The number of ether oxygens (including phenoxy) is 1. The highest BCUT2D eigenvalue weighted by Gasteiger charge is 2.18. The largest absolute Gasteiger partial charge is 0.462 e. The summed E-state index contributed by atoms with van der Waals surface area (Å²) in [4.78, 5) is 10.4. The summed E-state index contributed by atoms with van der Waals surface area (Å²) in [5.74, 6) is 0.922. The Bertz CT molecular complexity index is 251. The van der Waals surface area contributed by atoms with Gasteiger partial charge in [0.1, 0.15) is 6.61 Å². The summed E-state index contributed by atoms with van der Waals surface area (Å²) < 4.78 is 26.4. The molecule has 0 aliphatic carbocycles. The second kappa shape index (κ2) is 7.63. The van der Waals surface area contributed by atoms with Crippen LogP contribution in [0.1, 0.15) is 20.8 Å². The molecule has 0 aliphatic rings. The summed E-state index contributed by atoms with van der Waals surface area (Å²) in [7, 11) is -3.15. The van der Waals surface area contributed by atoms with E-state index in [4.69, 9.17) is 9.05 Å². The predicted octanol–water partition coefficient (Wildman–Crippen LogP) is 2.33. The molecule has 0 unspecified atom stereocenters. The summed E-state index contributed by atoms with van der Waals surface area (Å²) in [6.07, 6.45) is 1.45. The maximum absolute atomic E-state index is 11.8. The molecule has 88 valence electrons. The Kier molecular flexibility index (Phi) is 7.30. The highest BCUT2D eigenvalue weighted by molar-refractivity contribution is 7.57. The molecule has 0 heterocycles. The van der Waals surface area contributed by atoms with E-state index in [9.17, 15) is 9.36 Å². The fraction of sp³-hybridized carbons (Fsp3) is 0.667. The average molecular weight is 236 g/mol. The molecular formula is C9H17O5P. The molecule has 0 atom stereocenters. The Morgan fingerprint density at radius 1 is 1.27 bits per heavy atom. The van der Waals surface area contributed by atoms with Gasteiger partial charge in [-0.3, -0.25) is 9.36 Å². The van der Waals surface area contributed by atoms with Crippen molar-refractivity contribution in [2.24, 2.45) is 0 Å². The molecule has 0 amide bonds. The fourth-order valence-corrected chi connectivity index (χ4v) is 2.13. The highest BCUT2D eigenvalue weighted by atomic mass is 31.2. The van der Waals surface area contributed by atoms with Gasteiger partial charge in [-0.2, -0.15) is 0 Å². The Balaban J connectivity index is 4.15. The number of esters is 1. The normalized spacial score (nSPS) is 11.9. The second-order valence-electron chi connectivity index (χ2n) is 2.56. The average Bonchev–Trinajstić information content (AvgIpc) is 2.13. The van der Waals surface area contributed by atoms with Crippen LogP contribution < -0.4 is 0 Å². The fourth-order valence-electron chi connectivity index (χ4n) is 0.821. The standard InChI is InChI=1S/C9H17O5P/c1-4-13-15(11,14-5-2)8-6-7-12-9(3)10/h6,8H,4-5,7H2,1-3H3/b8-6+. The Morgan fingerprint density at radius 3 is 2.20 bits per heavy atom. The van der Waals surface area contributed by atoms with Gasteiger partial charge in [0.25, 0.3) is 0 Å². The molecule has 0 N–H and O–H groups in total. The van der Waals surface area contributed by atoms with Gasteiger partial charge in [0.05, 0.1) is 13.2 Å². The van der Waals surface area contributed by atoms with Crippen LogP contribution in [0, 0.1) is 0 Å². The molecular weight excluding hydrogens is 219 g/mol. The van der Waals surface area contributed by atoms with Gasteiger partial charge in [-0.25, -0.2) is 0 Å². The van der Waals surface area contributed by atoms with Gasteiger partial charge in [-0.1, -0.05) is 0 Å². The van der Waals surface area contributed by atoms with E-state index in [0.717, 1.165) is 0 Å². The van der Waals surface area contributed by atoms with Crippen molar-refractivity contribution in [1.82, 2.24) is 0 Å². The Morgan fingerprint density at radius 2 is 1.80 bits per heavy atom. The zero-order valence-corrected chi connectivity index (χ0v) is 10.2. The van der Waals surface area contributed by atoms with Crippen molar-refractivity contribution >= 4 is 13.6 Å². The number of carbonyl (C=O) groups is 1. The molecule has 0 saturated carbocycles. The predicted molar refractivity (Wildman–Crippen MR) is 56.6 cm³/mol. The maximum atomic E-state index is 11.8. The third-order valence-electron chi connectivity index (χ3n) is 1.29. The number of carbonyl (C=O) groups excluding carboxylic acids is 1. The first-order chi connectivity index (χ1) is 7.04. The lowest BCUT2D eigenvalue weighted by atomic mass is 10.7. The lowest BCUT2D eigenvalue weighted by Gasteiger charge is -2.12. The molecule has 0 rings (SSSR count). The van der Waals surface area contributed by atoms with Crippen LogP contribution in [0.2, 0.25) is 0 Å². The molecule has 0 bridgehead atoms. The summed E-state index contributed by atoms with van der Waals surface area (Å²) in [5, 5.41) is 0. The molecule has 0 radical (unpaired) electrons. The molecule has 0 saturated heterocycles. The lowest BCUT2D eigenvalue weighted by molar-refractivity contribution is -0.139. The van der Waals surface area contributed by atoms with Gasteiger partial charge in [0, 0.05) is 12.7 Å². The van der Waals surface area contributed by atoms with E-state index in [1.54, 1.807) is 13.8 Å². The van der Waals surface area contributed by atoms with Crippen LogP contribution >= 0.6 is 7.60 Å². The monoisotopic (exact) mass is 236 g/mol. The van der Waals surface area contributed by atoms with E-state index in [2.05, 4.69) is 4.74 Å². The van der Waals surface area contributed by atoms with E-state index in [1.165, 1.54) is 18.8 Å². The molecule has 0 spiro atoms. The van der Waals surface area contributed by atoms with Gasteiger partial charge in [0.15, 0.2) is 0 Å². The molecule has 6 heteroatoms. The van der Waals surface area contributed by atoms with Crippen molar-refractivity contribution in [3.8, 4) is 0 Å². The molecule has 0 aromatic heterocycles. The van der Waals surface area contributed by atoms with E-state index in [0.29, 0.717) is 13.2 Å². The first-order valence-corrected chi connectivity index (χ1v) is 6.35. The van der Waals surface area contributed by atoms with Gasteiger partial charge in [-0.15, -0.1) is 0 Å². The molecule has 0 aromatic rings. The van der Waals surface area contributed by atoms with Gasteiger partial charge in [-0.05, 0) is 19.9 Å². The lowest BCUT2D eigenvalue weighted by Crippen LogP contribution is -1.98. The van der Waals surface area contributed by atoms with E-state index in [1.807, 2.05) is 0 Å². The van der Waals surface area contributed by atoms with Crippen molar-refractivity contribution in [1.29, 1.82) is 0 Å². The minimum absolute atomic E-state index is 0.0689. The number of hydrogen-bond donors (Lipinski definition) is 0. The minimum Gasteiger partial charge on any atom is -0.462 e. The topological polar surface area (TPSA) is 61.8 Å². The molecule has 0 aliphatic heterocycles. The number of hydrogen-bond acceptors (Lipinski definition) is 5. The van der Waals surface area contributed by atoms with Crippen molar-refractivity contribution in [3.05, 3.63) is 11.9 Å². The van der Waals surface area contributed by atoms with Crippen LogP contribution in [-0.2, 0) is 23.1 Å². The first-order valence-electron chi connectivity index (χ1n) is 4.74. The van der Waals surface area contributed by atoms with Crippen LogP contribution in [-0.4, -0.2) is 25.8 Å². The summed E-state index contributed by atoms with van der Waals surface area (Å²) >= 11 is 0. The van der Waals surface area contributed by atoms with Crippen molar-refractivity contribution in [2.45, 2.75) is 20.8 Å². The minimum atomic E-state index is -3.15. The quantitative estimate of drug-likeness (QED) is 0.501. The molecule has 0 aromatic carbocycles. The summed E-state index contributed by atoms with van der Waals surface area (Å²) in [6, 6.07) is 0. The van der Waals surface area contributed by atoms with Gasteiger partial charge < -0.3 is 13.8 Å². The zero-order valence-electron chi connectivity index (χ0n) is 9.26. The third-order valence-corrected chi connectivity index (χ3v) is 3.10. The second-order valence-corrected chi connectivity index (χ2v) is 4.46. The highest BCUT2D eigenvalue weighted by Crippen LogP contribution is 2.49. The zero-order chi connectivity index (χ0) is 11.7. The third kappa shape index (κ3) is 7.31. The smallest absolute Gasteiger partial charge is 0.353 e. The summed E-state index contributed by atoms with van der Waals surface area (Å²) in [6.45, 7) is 5.43.